The third-order valence-electron chi connectivity index (χ3n) is 7.38. The molecule has 0 aromatic heterocycles. The number of rotatable bonds is 9. The molecule has 2 atom stereocenters. The number of carbonyl (C=O) groups is 4. The van der Waals surface area contributed by atoms with Crippen molar-refractivity contribution in [3.8, 4) is 0 Å². The van der Waals surface area contributed by atoms with Crippen LogP contribution in [0.3, 0.4) is 0 Å². The molecule has 4 rings (SSSR count). The van der Waals surface area contributed by atoms with Crippen LogP contribution in [-0.2, 0) is 32.1 Å². The van der Waals surface area contributed by atoms with Crippen LogP contribution < -0.4 is 26.2 Å². The number of piperidine rings is 1. The molecule has 0 aliphatic carbocycles. The van der Waals surface area contributed by atoms with Gasteiger partial charge in [0.15, 0.2) is 0 Å². The Morgan fingerprint density at radius 1 is 1.05 bits per heavy atom. The van der Waals surface area contributed by atoms with Crippen LogP contribution >= 0.6 is 12.4 Å². The van der Waals surface area contributed by atoms with Gasteiger partial charge >= 0.3 is 0 Å². The van der Waals surface area contributed by atoms with E-state index in [1.807, 2.05) is 62.4 Å². The fourth-order valence-corrected chi connectivity index (χ4v) is 5.29. The van der Waals surface area contributed by atoms with Gasteiger partial charge in [-0.3, -0.25) is 19.2 Å². The lowest BCUT2D eigenvalue weighted by atomic mass is 9.93. The Bertz CT molecular complexity index is 1260. The maximum atomic E-state index is 14.1. The molecule has 9 nitrogen and oxygen atoms in total. The van der Waals surface area contributed by atoms with Crippen LogP contribution in [0.1, 0.15) is 64.5 Å². The normalized spacial score (nSPS) is 18.0. The van der Waals surface area contributed by atoms with Crippen LogP contribution in [0.15, 0.2) is 48.5 Å². The highest BCUT2D eigenvalue weighted by Crippen LogP contribution is 2.39. The number of fused-ring (bicyclic) bond motifs is 1. The van der Waals surface area contributed by atoms with Crippen molar-refractivity contribution < 1.29 is 19.2 Å². The van der Waals surface area contributed by atoms with Gasteiger partial charge in [0.25, 0.3) is 0 Å². The average Bonchev–Trinajstić information content (AvgIpc) is 2.90. The Morgan fingerprint density at radius 3 is 2.39 bits per heavy atom. The minimum absolute atomic E-state index is 0. The Hall–Kier alpha value is -3.43. The molecule has 2 aliphatic rings. The first-order chi connectivity index (χ1) is 19.0. The lowest BCUT2D eigenvalue weighted by Crippen LogP contribution is -2.59. The molecule has 1 saturated heterocycles. The summed E-state index contributed by atoms with van der Waals surface area (Å²) in [5.74, 6) is -0.933. The number of benzene rings is 2. The molecule has 4 N–H and O–H groups in total. The zero-order chi connectivity index (χ0) is 29.0. The van der Waals surface area contributed by atoms with Gasteiger partial charge in [0.05, 0.1) is 23.5 Å². The standard InChI is InChI=1S/C31H41N5O4.ClH/c1-20(2)17-23(34-30(40)31(3,4)32)28(38)33-24-18-22-13-10-14-25(35-16-9-8-15-26(35)37)27(22)36(29(24)39)19-21-11-6-5-7-12-21;/h5-7,10-14,20,23-24H,8-9,15-19,32H2,1-4H3,(H,33,38)(H,34,40);1H/t23-,24?;/m1./s1. The van der Waals surface area contributed by atoms with E-state index in [2.05, 4.69) is 10.6 Å². The molecule has 1 unspecified atom stereocenters. The summed E-state index contributed by atoms with van der Waals surface area (Å²) >= 11 is 0. The van der Waals surface area contributed by atoms with E-state index in [0.29, 0.717) is 31.6 Å². The van der Waals surface area contributed by atoms with Gasteiger partial charge in [-0.15, -0.1) is 12.4 Å². The number of nitrogens with two attached hydrogens (primary N) is 1. The molecule has 0 spiro atoms. The molecule has 1 fully saturated rings. The number of halogens is 1. The molecule has 2 aromatic rings. The zero-order valence-electron chi connectivity index (χ0n) is 24.3. The lowest BCUT2D eigenvalue weighted by molar-refractivity contribution is -0.133. The van der Waals surface area contributed by atoms with Crippen molar-refractivity contribution in [3.05, 3.63) is 59.7 Å². The van der Waals surface area contributed by atoms with Crippen LogP contribution in [0.25, 0.3) is 0 Å². The van der Waals surface area contributed by atoms with Crippen molar-refractivity contribution in [1.82, 2.24) is 10.6 Å². The van der Waals surface area contributed by atoms with Crippen LogP contribution in [-0.4, -0.2) is 47.8 Å². The first-order valence-corrected chi connectivity index (χ1v) is 14.1. The minimum Gasteiger partial charge on any atom is -0.343 e. The van der Waals surface area contributed by atoms with E-state index in [0.717, 1.165) is 29.7 Å². The van der Waals surface area contributed by atoms with E-state index in [9.17, 15) is 19.2 Å². The lowest BCUT2D eigenvalue weighted by Gasteiger charge is -2.39. The largest absolute Gasteiger partial charge is 0.343 e. The molecule has 2 heterocycles. The summed E-state index contributed by atoms with van der Waals surface area (Å²) in [6, 6.07) is 13.7. The van der Waals surface area contributed by atoms with Crippen LogP contribution in [0.5, 0.6) is 0 Å². The maximum absolute atomic E-state index is 14.1. The quantitative estimate of drug-likeness (QED) is 0.417. The topological polar surface area (TPSA) is 125 Å². The summed E-state index contributed by atoms with van der Waals surface area (Å²) in [6.45, 7) is 8.00. The Kier molecular flexibility index (Phi) is 10.6. The van der Waals surface area contributed by atoms with Gasteiger partial charge in [0.1, 0.15) is 12.1 Å². The molecule has 0 saturated carbocycles. The fraction of sp³-hybridized carbons (Fsp3) is 0.484. The van der Waals surface area contributed by atoms with Gasteiger partial charge in [-0.2, -0.15) is 0 Å². The van der Waals surface area contributed by atoms with Crippen molar-refractivity contribution in [2.24, 2.45) is 11.7 Å². The van der Waals surface area contributed by atoms with Gasteiger partial charge < -0.3 is 26.2 Å². The number of amides is 4. The molecule has 0 radical (unpaired) electrons. The molecule has 2 aliphatic heterocycles. The minimum atomic E-state index is -1.15. The molecular weight excluding hydrogens is 542 g/mol. The first kappa shape index (κ1) is 32.1. The van der Waals surface area contributed by atoms with E-state index >= 15 is 0 Å². The Labute approximate surface area is 248 Å². The van der Waals surface area contributed by atoms with E-state index in [1.165, 1.54) is 0 Å². The average molecular weight is 584 g/mol. The second-order valence-corrected chi connectivity index (χ2v) is 11.8. The highest BCUT2D eigenvalue weighted by Gasteiger charge is 2.39. The third kappa shape index (κ3) is 7.65. The number of carbonyl (C=O) groups excluding carboxylic acids is 4. The zero-order valence-corrected chi connectivity index (χ0v) is 25.1. The molecule has 4 amide bonds. The number of anilines is 2. The summed E-state index contributed by atoms with van der Waals surface area (Å²) in [4.78, 5) is 56.6. The van der Waals surface area contributed by atoms with E-state index in [4.69, 9.17) is 5.73 Å². The molecule has 222 valence electrons. The van der Waals surface area contributed by atoms with E-state index in [1.54, 1.807) is 23.6 Å². The maximum Gasteiger partial charge on any atom is 0.250 e. The third-order valence-corrected chi connectivity index (χ3v) is 7.38. The summed E-state index contributed by atoms with van der Waals surface area (Å²) in [6.07, 6.45) is 2.94. The van der Waals surface area contributed by atoms with Crippen molar-refractivity contribution in [2.45, 2.75) is 84.0 Å². The van der Waals surface area contributed by atoms with Gasteiger partial charge in [0, 0.05) is 19.4 Å². The summed E-state index contributed by atoms with van der Waals surface area (Å²) in [5.41, 5.74) is 8.07. The van der Waals surface area contributed by atoms with Crippen LogP contribution in [0.4, 0.5) is 11.4 Å². The smallest absolute Gasteiger partial charge is 0.250 e. The summed E-state index contributed by atoms with van der Waals surface area (Å²) in [5, 5.41) is 5.70. The van der Waals surface area contributed by atoms with Crippen LogP contribution in [0.2, 0.25) is 0 Å². The van der Waals surface area contributed by atoms with Crippen molar-refractivity contribution >= 4 is 47.4 Å². The number of nitrogens with one attached hydrogen (secondary N) is 2. The molecule has 41 heavy (non-hydrogen) atoms. The Morgan fingerprint density at radius 2 is 1.76 bits per heavy atom. The number of hydrogen-bond acceptors (Lipinski definition) is 5. The summed E-state index contributed by atoms with van der Waals surface area (Å²) in [7, 11) is 0. The van der Waals surface area contributed by atoms with Crippen molar-refractivity contribution in [2.75, 3.05) is 16.3 Å². The molecule has 2 aromatic carbocycles. The predicted octanol–water partition coefficient (Wildman–Crippen LogP) is 3.47. The molecular formula is C31H42ClN5O4. The van der Waals surface area contributed by atoms with Gasteiger partial charge in [-0.25, -0.2) is 0 Å². The second-order valence-electron chi connectivity index (χ2n) is 11.8. The van der Waals surface area contributed by atoms with E-state index in [-0.39, 0.29) is 36.6 Å². The van der Waals surface area contributed by atoms with Crippen molar-refractivity contribution in [3.63, 3.8) is 0 Å². The number of hydrogen-bond donors (Lipinski definition) is 3. The number of nitrogens with zero attached hydrogens (tertiary/aromatic N) is 2. The SMILES string of the molecule is CC(C)C[C@@H](NC(=O)C(C)(C)N)C(=O)NC1Cc2cccc(N3CCCCC3=O)c2N(Cc2ccccc2)C1=O.Cl. The highest BCUT2D eigenvalue weighted by molar-refractivity contribution is 6.08. The highest BCUT2D eigenvalue weighted by atomic mass is 35.5. The number of para-hydroxylation sites is 1. The van der Waals surface area contributed by atoms with Crippen molar-refractivity contribution in [1.29, 1.82) is 0 Å². The molecule has 0 bridgehead atoms. The van der Waals surface area contributed by atoms with E-state index < -0.39 is 29.4 Å². The molecule has 10 heteroatoms. The Balaban J connectivity index is 0.00000462. The fourth-order valence-electron chi connectivity index (χ4n) is 5.29. The van der Waals surface area contributed by atoms with Gasteiger partial charge in [-0.05, 0) is 56.2 Å². The second kappa shape index (κ2) is 13.5. The monoisotopic (exact) mass is 583 g/mol. The van der Waals surface area contributed by atoms with Gasteiger partial charge in [0.2, 0.25) is 23.6 Å². The van der Waals surface area contributed by atoms with Crippen LogP contribution in [0, 0.1) is 5.92 Å². The summed E-state index contributed by atoms with van der Waals surface area (Å²) < 4.78 is 0. The van der Waals surface area contributed by atoms with Gasteiger partial charge in [-0.1, -0.05) is 56.3 Å². The first-order valence-electron chi connectivity index (χ1n) is 14.1. The predicted molar refractivity (Wildman–Crippen MR) is 163 cm³/mol.